The summed E-state index contributed by atoms with van der Waals surface area (Å²) in [5.41, 5.74) is 5.89. The fourth-order valence-electron chi connectivity index (χ4n) is 1.88. The van der Waals surface area contributed by atoms with Crippen molar-refractivity contribution < 1.29 is 24.2 Å². The van der Waals surface area contributed by atoms with E-state index in [0.717, 1.165) is 11.3 Å². The van der Waals surface area contributed by atoms with Crippen molar-refractivity contribution in [1.29, 1.82) is 0 Å². The molecule has 0 aromatic heterocycles. The van der Waals surface area contributed by atoms with Crippen LogP contribution in [-0.4, -0.2) is 48.8 Å². The van der Waals surface area contributed by atoms with Crippen LogP contribution in [-0.2, 0) is 16.1 Å². The minimum atomic E-state index is -0.868. The Balaban J connectivity index is 2.69. The van der Waals surface area contributed by atoms with Gasteiger partial charge < -0.3 is 25.6 Å². The molecule has 7 nitrogen and oxygen atoms in total. The highest BCUT2D eigenvalue weighted by Crippen LogP contribution is 2.28. The summed E-state index contributed by atoms with van der Waals surface area (Å²) in [6.07, 6.45) is 2.49. The van der Waals surface area contributed by atoms with Gasteiger partial charge in [-0.25, -0.2) is 0 Å². The van der Waals surface area contributed by atoms with E-state index < -0.39 is 17.9 Å². The van der Waals surface area contributed by atoms with Gasteiger partial charge in [-0.05, 0) is 36.1 Å². The number of benzene rings is 1. The Bertz CT molecular complexity index is 539. The molecule has 4 N–H and O–H groups in total. The molecule has 0 aliphatic carbocycles. The Labute approximate surface area is 139 Å². The molecular weight excluding hydrogens is 320 g/mol. The van der Waals surface area contributed by atoms with E-state index in [9.17, 15) is 14.7 Å². The first kappa shape index (κ1) is 19.1. The zero-order chi connectivity index (χ0) is 17.2. The van der Waals surface area contributed by atoms with Crippen LogP contribution in [0.5, 0.6) is 11.5 Å². The van der Waals surface area contributed by atoms with Crippen molar-refractivity contribution in [2.45, 2.75) is 19.0 Å². The highest BCUT2D eigenvalue weighted by atomic mass is 32.2. The van der Waals surface area contributed by atoms with Gasteiger partial charge in [0, 0.05) is 6.54 Å². The van der Waals surface area contributed by atoms with Crippen LogP contribution in [0, 0.1) is 0 Å². The second-order valence-corrected chi connectivity index (χ2v) is 5.78. The number of carbonyl (C=O) groups excluding carboxylic acids is 1. The molecule has 1 unspecified atom stereocenters. The third-order valence-electron chi connectivity index (χ3n) is 3.06. The van der Waals surface area contributed by atoms with Crippen LogP contribution in [0.3, 0.4) is 0 Å². The molecule has 1 aromatic carbocycles. The second kappa shape index (κ2) is 9.96. The van der Waals surface area contributed by atoms with Gasteiger partial charge in [0.1, 0.15) is 6.04 Å². The number of hydrogen-bond donors (Lipinski definition) is 3. The van der Waals surface area contributed by atoms with Crippen molar-refractivity contribution in [1.82, 2.24) is 5.32 Å². The number of nitrogens with one attached hydrogen (secondary N) is 1. The van der Waals surface area contributed by atoms with E-state index in [1.54, 1.807) is 30.0 Å². The van der Waals surface area contributed by atoms with Gasteiger partial charge in [-0.1, -0.05) is 6.07 Å². The summed E-state index contributed by atoms with van der Waals surface area (Å²) in [7, 11) is 1.49. The van der Waals surface area contributed by atoms with Crippen molar-refractivity contribution >= 4 is 23.6 Å². The summed E-state index contributed by atoms with van der Waals surface area (Å²) in [4.78, 5) is 21.9. The molecule has 0 radical (unpaired) electrons. The molecule has 0 aliphatic rings. The topological polar surface area (TPSA) is 111 Å². The minimum absolute atomic E-state index is 0.232. The van der Waals surface area contributed by atoms with Crippen LogP contribution < -0.4 is 20.5 Å². The zero-order valence-electron chi connectivity index (χ0n) is 13.2. The lowest BCUT2D eigenvalue weighted by Crippen LogP contribution is -2.36. The van der Waals surface area contributed by atoms with Gasteiger partial charge in [-0.2, -0.15) is 11.8 Å². The highest BCUT2D eigenvalue weighted by Gasteiger charge is 2.16. The van der Waals surface area contributed by atoms with E-state index in [1.807, 2.05) is 6.26 Å². The quantitative estimate of drug-likeness (QED) is 0.547. The maximum absolute atomic E-state index is 11.2. The monoisotopic (exact) mass is 342 g/mol. The van der Waals surface area contributed by atoms with Crippen LogP contribution in [0.1, 0.15) is 12.0 Å². The molecule has 1 aromatic rings. The fraction of sp³-hybridized carbons (Fsp3) is 0.467. The van der Waals surface area contributed by atoms with Crippen LogP contribution in [0.2, 0.25) is 0 Å². The van der Waals surface area contributed by atoms with Crippen molar-refractivity contribution in [3.05, 3.63) is 23.8 Å². The lowest BCUT2D eigenvalue weighted by Gasteiger charge is -2.15. The van der Waals surface area contributed by atoms with E-state index in [0.29, 0.717) is 24.5 Å². The number of aliphatic carboxylic acids is 1. The standard InChI is InChI=1S/C15H22N2O5S/c1-21-13-7-10(3-4-12(13)22-9-14(16)18)8-17-11(15(19)20)5-6-23-2/h3-4,7,11,17H,5-6,8-9H2,1-2H3,(H2,16,18)(H,19,20). The molecule has 0 bridgehead atoms. The average molecular weight is 342 g/mol. The predicted octanol–water partition coefficient (Wildman–Crippen LogP) is 0.855. The number of carboxylic acids is 1. The highest BCUT2D eigenvalue weighted by molar-refractivity contribution is 7.98. The molecular formula is C15H22N2O5S. The van der Waals surface area contributed by atoms with Crippen LogP contribution >= 0.6 is 11.8 Å². The van der Waals surface area contributed by atoms with Crippen molar-refractivity contribution in [2.75, 3.05) is 25.7 Å². The molecule has 1 rings (SSSR count). The number of nitrogens with two attached hydrogens (primary N) is 1. The molecule has 0 fully saturated rings. The number of hydrogen-bond acceptors (Lipinski definition) is 6. The third-order valence-corrected chi connectivity index (χ3v) is 3.70. The van der Waals surface area contributed by atoms with Gasteiger partial charge in [0.25, 0.3) is 5.91 Å². The summed E-state index contributed by atoms with van der Waals surface area (Å²) in [5, 5.41) is 12.2. The smallest absolute Gasteiger partial charge is 0.320 e. The first-order valence-electron chi connectivity index (χ1n) is 7.01. The predicted molar refractivity (Wildman–Crippen MR) is 88.9 cm³/mol. The molecule has 1 atom stereocenters. The van der Waals surface area contributed by atoms with E-state index in [2.05, 4.69) is 5.32 Å². The van der Waals surface area contributed by atoms with Crippen molar-refractivity contribution in [3.8, 4) is 11.5 Å². The van der Waals surface area contributed by atoms with Crippen LogP contribution in [0.25, 0.3) is 0 Å². The minimum Gasteiger partial charge on any atom is -0.493 e. The molecule has 128 valence electrons. The van der Waals surface area contributed by atoms with Crippen LogP contribution in [0.4, 0.5) is 0 Å². The summed E-state index contributed by atoms with van der Waals surface area (Å²) < 4.78 is 10.5. The fourth-order valence-corrected chi connectivity index (χ4v) is 2.35. The van der Waals surface area contributed by atoms with Gasteiger partial charge in [0.2, 0.25) is 0 Å². The molecule has 0 spiro atoms. The number of thioether (sulfide) groups is 1. The lowest BCUT2D eigenvalue weighted by atomic mass is 10.1. The van der Waals surface area contributed by atoms with Gasteiger partial charge in [-0.15, -0.1) is 0 Å². The lowest BCUT2D eigenvalue weighted by molar-refractivity contribution is -0.139. The van der Waals surface area contributed by atoms with Crippen molar-refractivity contribution in [3.63, 3.8) is 0 Å². The Morgan fingerprint density at radius 3 is 2.70 bits per heavy atom. The Morgan fingerprint density at radius 2 is 2.13 bits per heavy atom. The number of carboxylic acid groups (broad SMARTS) is 1. The number of rotatable bonds is 11. The maximum atomic E-state index is 11.2. The number of amides is 1. The van der Waals surface area contributed by atoms with Gasteiger partial charge in [0.05, 0.1) is 7.11 Å². The molecule has 0 saturated carbocycles. The van der Waals surface area contributed by atoms with E-state index in [4.69, 9.17) is 15.2 Å². The maximum Gasteiger partial charge on any atom is 0.320 e. The average Bonchev–Trinajstić information content (AvgIpc) is 2.52. The Kier molecular flexibility index (Phi) is 8.28. The summed E-state index contributed by atoms with van der Waals surface area (Å²) in [5.74, 6) is 0.199. The molecule has 0 heterocycles. The van der Waals surface area contributed by atoms with E-state index in [1.165, 1.54) is 7.11 Å². The van der Waals surface area contributed by atoms with E-state index in [-0.39, 0.29) is 6.61 Å². The first-order chi connectivity index (χ1) is 11.0. The number of carbonyl (C=O) groups is 2. The largest absolute Gasteiger partial charge is 0.493 e. The van der Waals surface area contributed by atoms with Crippen LogP contribution in [0.15, 0.2) is 18.2 Å². The van der Waals surface area contributed by atoms with Gasteiger partial charge >= 0.3 is 5.97 Å². The molecule has 0 aliphatic heterocycles. The third kappa shape index (κ3) is 6.79. The molecule has 0 saturated heterocycles. The summed E-state index contributed by atoms with van der Waals surface area (Å²) >= 11 is 1.61. The summed E-state index contributed by atoms with van der Waals surface area (Å²) in [6.45, 7) is 0.154. The number of ether oxygens (including phenoxy) is 2. The zero-order valence-corrected chi connectivity index (χ0v) is 14.0. The summed E-state index contributed by atoms with van der Waals surface area (Å²) in [6, 6.07) is 4.58. The molecule has 1 amide bonds. The number of methoxy groups -OCH3 is 1. The van der Waals surface area contributed by atoms with Gasteiger partial charge in [-0.3, -0.25) is 9.59 Å². The molecule has 23 heavy (non-hydrogen) atoms. The normalized spacial score (nSPS) is 11.7. The SMILES string of the molecule is COc1cc(CNC(CCSC)C(=O)O)ccc1OCC(N)=O. The first-order valence-corrected chi connectivity index (χ1v) is 8.40. The Morgan fingerprint density at radius 1 is 1.39 bits per heavy atom. The van der Waals surface area contributed by atoms with Crippen molar-refractivity contribution in [2.24, 2.45) is 5.73 Å². The Hall–Kier alpha value is -1.93. The number of primary amides is 1. The second-order valence-electron chi connectivity index (χ2n) is 4.79. The molecule has 8 heteroatoms. The van der Waals surface area contributed by atoms with Gasteiger partial charge in [0.15, 0.2) is 18.1 Å². The van der Waals surface area contributed by atoms with E-state index >= 15 is 0 Å².